The van der Waals surface area contributed by atoms with Gasteiger partial charge < -0.3 is 4.90 Å². The van der Waals surface area contributed by atoms with E-state index in [1.165, 1.54) is 37.1 Å². The fraction of sp³-hybridized carbons (Fsp3) is 0.304. The van der Waals surface area contributed by atoms with E-state index in [2.05, 4.69) is 29.2 Å². The summed E-state index contributed by atoms with van der Waals surface area (Å²) >= 11 is 0. The first-order chi connectivity index (χ1) is 13.0. The van der Waals surface area contributed by atoms with E-state index in [9.17, 15) is 13.2 Å². The molecular weight excluding hydrogens is 347 g/mol. The molecule has 0 N–H and O–H groups in total. The lowest BCUT2D eigenvalue weighted by Crippen LogP contribution is -2.29. The number of piperidine rings is 1. The van der Waals surface area contributed by atoms with Crippen LogP contribution in [0, 0.1) is 0 Å². The Balaban J connectivity index is 1.89. The van der Waals surface area contributed by atoms with Gasteiger partial charge in [0.05, 0.1) is 5.56 Å². The number of nitrogens with zero attached hydrogens (tertiary/aromatic N) is 1. The molecule has 1 nitrogen and oxygen atoms in total. The largest absolute Gasteiger partial charge is 0.416 e. The van der Waals surface area contributed by atoms with Gasteiger partial charge in [-0.1, -0.05) is 42.5 Å². The Labute approximate surface area is 158 Å². The topological polar surface area (TPSA) is 3.24 Å². The van der Waals surface area contributed by atoms with Crippen LogP contribution in [0.5, 0.6) is 0 Å². The highest BCUT2D eigenvalue weighted by molar-refractivity contribution is 5.81. The molecule has 0 bridgehead atoms. The third-order valence-corrected chi connectivity index (χ3v) is 4.88. The fourth-order valence-corrected chi connectivity index (χ4v) is 3.39. The Morgan fingerprint density at radius 3 is 1.93 bits per heavy atom. The molecule has 142 valence electrons. The van der Waals surface area contributed by atoms with Gasteiger partial charge >= 0.3 is 6.18 Å². The van der Waals surface area contributed by atoms with Crippen molar-refractivity contribution in [3.8, 4) is 0 Å². The molecule has 0 spiro atoms. The summed E-state index contributed by atoms with van der Waals surface area (Å²) in [6, 6.07) is 13.7. The second kappa shape index (κ2) is 8.47. The predicted octanol–water partition coefficient (Wildman–Crippen LogP) is 6.70. The van der Waals surface area contributed by atoms with Crippen LogP contribution in [0.1, 0.15) is 42.9 Å². The molecule has 0 aliphatic carbocycles. The molecular formula is C23H24F3N. The second-order valence-electron chi connectivity index (χ2n) is 6.78. The first-order valence-corrected chi connectivity index (χ1v) is 9.35. The minimum atomic E-state index is -4.32. The maximum atomic E-state index is 12.8. The zero-order chi connectivity index (χ0) is 19.3. The Hall–Kier alpha value is -2.49. The van der Waals surface area contributed by atoms with Crippen molar-refractivity contribution >= 4 is 11.3 Å². The summed E-state index contributed by atoms with van der Waals surface area (Å²) in [5.41, 5.74) is 3.25. The molecule has 1 saturated heterocycles. The summed E-state index contributed by atoms with van der Waals surface area (Å²) in [6.45, 7) is 4.08. The zero-order valence-corrected chi connectivity index (χ0v) is 15.5. The van der Waals surface area contributed by atoms with Crippen molar-refractivity contribution in [1.82, 2.24) is 0 Å². The van der Waals surface area contributed by atoms with E-state index in [0.29, 0.717) is 0 Å². The molecule has 0 saturated carbocycles. The summed E-state index contributed by atoms with van der Waals surface area (Å²) < 4.78 is 38.5. The van der Waals surface area contributed by atoms with Crippen LogP contribution in [0.2, 0.25) is 0 Å². The molecule has 3 rings (SSSR count). The predicted molar refractivity (Wildman–Crippen MR) is 106 cm³/mol. The molecule has 0 unspecified atom stereocenters. The number of rotatable bonds is 4. The monoisotopic (exact) mass is 371 g/mol. The number of alkyl halides is 3. The van der Waals surface area contributed by atoms with E-state index in [-0.39, 0.29) is 0 Å². The molecule has 1 aliphatic heterocycles. The van der Waals surface area contributed by atoms with E-state index in [1.54, 1.807) is 0 Å². The minimum absolute atomic E-state index is 0.628. The smallest absolute Gasteiger partial charge is 0.372 e. The Bertz CT molecular complexity index is 793. The van der Waals surface area contributed by atoms with Gasteiger partial charge in [-0.2, -0.15) is 13.2 Å². The number of halogens is 3. The number of hydrogen-bond acceptors (Lipinski definition) is 1. The summed E-state index contributed by atoms with van der Waals surface area (Å²) in [6.07, 6.45) is 5.18. The van der Waals surface area contributed by atoms with Crippen molar-refractivity contribution in [3.05, 3.63) is 83.4 Å². The number of allylic oxidation sites excluding steroid dienone is 3. The van der Waals surface area contributed by atoms with E-state index in [0.717, 1.165) is 41.9 Å². The molecule has 0 atom stereocenters. The van der Waals surface area contributed by atoms with Gasteiger partial charge in [0, 0.05) is 18.8 Å². The molecule has 1 fully saturated rings. The van der Waals surface area contributed by atoms with Gasteiger partial charge in [0.15, 0.2) is 0 Å². The average Bonchev–Trinajstić information content (AvgIpc) is 2.69. The summed E-state index contributed by atoms with van der Waals surface area (Å²) in [5, 5.41) is 0. The minimum Gasteiger partial charge on any atom is -0.372 e. The summed E-state index contributed by atoms with van der Waals surface area (Å²) in [7, 11) is 0. The maximum Gasteiger partial charge on any atom is 0.416 e. The van der Waals surface area contributed by atoms with Crippen LogP contribution < -0.4 is 4.90 Å². The number of anilines is 1. The Morgan fingerprint density at radius 1 is 0.852 bits per heavy atom. The van der Waals surface area contributed by atoms with E-state index >= 15 is 0 Å². The molecule has 0 aromatic heterocycles. The van der Waals surface area contributed by atoms with E-state index in [1.807, 2.05) is 25.2 Å². The Kier molecular flexibility index (Phi) is 6.04. The van der Waals surface area contributed by atoms with Crippen molar-refractivity contribution < 1.29 is 13.2 Å². The molecule has 4 heteroatoms. The van der Waals surface area contributed by atoms with Gasteiger partial charge in [0.2, 0.25) is 0 Å². The highest BCUT2D eigenvalue weighted by atomic mass is 19.4. The van der Waals surface area contributed by atoms with Gasteiger partial charge in [-0.15, -0.1) is 0 Å². The van der Waals surface area contributed by atoms with Crippen LogP contribution in [0.15, 0.2) is 66.8 Å². The van der Waals surface area contributed by atoms with Crippen LogP contribution in [0.25, 0.3) is 5.57 Å². The molecule has 1 aliphatic rings. The first kappa shape index (κ1) is 19.3. The molecule has 2 aromatic carbocycles. The SMILES string of the molecule is CC=CC=C(c1ccc(N2CCCCC2)cc1)c1ccc(C(F)(F)F)cc1. The van der Waals surface area contributed by atoms with Crippen LogP contribution in [0.4, 0.5) is 18.9 Å². The summed E-state index contributed by atoms with van der Waals surface area (Å²) in [5.74, 6) is 0. The molecule has 0 radical (unpaired) electrons. The highest BCUT2D eigenvalue weighted by Crippen LogP contribution is 2.32. The van der Waals surface area contributed by atoms with Gasteiger partial charge in [-0.3, -0.25) is 0 Å². The van der Waals surface area contributed by atoms with E-state index < -0.39 is 11.7 Å². The lowest BCUT2D eigenvalue weighted by atomic mass is 9.96. The maximum absolute atomic E-state index is 12.8. The second-order valence-corrected chi connectivity index (χ2v) is 6.78. The number of benzene rings is 2. The quantitative estimate of drug-likeness (QED) is 0.540. The molecule has 1 heterocycles. The molecule has 0 amide bonds. The van der Waals surface area contributed by atoms with Crippen LogP contribution >= 0.6 is 0 Å². The Morgan fingerprint density at radius 2 is 1.41 bits per heavy atom. The first-order valence-electron chi connectivity index (χ1n) is 9.35. The van der Waals surface area contributed by atoms with Crippen molar-refractivity contribution in [2.75, 3.05) is 18.0 Å². The fourth-order valence-electron chi connectivity index (χ4n) is 3.39. The standard InChI is InChI=1S/C23H24F3N/c1-2-3-7-22(18-8-12-20(13-9-18)23(24,25)26)19-10-14-21(15-11-19)27-16-5-4-6-17-27/h2-3,7-15H,4-6,16-17H2,1H3. The lowest BCUT2D eigenvalue weighted by Gasteiger charge is -2.29. The van der Waals surface area contributed by atoms with Gasteiger partial charge in [-0.25, -0.2) is 0 Å². The van der Waals surface area contributed by atoms with Gasteiger partial charge in [-0.05, 0) is 67.2 Å². The van der Waals surface area contributed by atoms with E-state index in [4.69, 9.17) is 0 Å². The average molecular weight is 371 g/mol. The highest BCUT2D eigenvalue weighted by Gasteiger charge is 2.30. The normalized spacial score (nSPS) is 16.1. The third kappa shape index (κ3) is 4.82. The molecule has 2 aromatic rings. The third-order valence-electron chi connectivity index (χ3n) is 4.88. The van der Waals surface area contributed by atoms with Crippen LogP contribution in [0.3, 0.4) is 0 Å². The van der Waals surface area contributed by atoms with Crippen LogP contribution in [-0.2, 0) is 6.18 Å². The van der Waals surface area contributed by atoms with Crippen molar-refractivity contribution in [2.24, 2.45) is 0 Å². The summed E-state index contributed by atoms with van der Waals surface area (Å²) in [4.78, 5) is 2.39. The zero-order valence-electron chi connectivity index (χ0n) is 15.5. The number of hydrogen-bond donors (Lipinski definition) is 0. The van der Waals surface area contributed by atoms with Crippen molar-refractivity contribution in [3.63, 3.8) is 0 Å². The van der Waals surface area contributed by atoms with Crippen molar-refractivity contribution in [1.29, 1.82) is 0 Å². The lowest BCUT2D eigenvalue weighted by molar-refractivity contribution is -0.137. The van der Waals surface area contributed by atoms with Gasteiger partial charge in [0.25, 0.3) is 0 Å². The molecule has 27 heavy (non-hydrogen) atoms. The van der Waals surface area contributed by atoms with Gasteiger partial charge in [0.1, 0.15) is 0 Å². The van der Waals surface area contributed by atoms with Crippen LogP contribution in [-0.4, -0.2) is 13.1 Å². The van der Waals surface area contributed by atoms with Crippen molar-refractivity contribution in [2.45, 2.75) is 32.4 Å².